The Bertz CT molecular complexity index is 1560. The number of nitrogen functional groups attached to an aromatic ring is 1. The van der Waals surface area contributed by atoms with Gasteiger partial charge in [-0.2, -0.15) is 5.26 Å². The summed E-state index contributed by atoms with van der Waals surface area (Å²) in [5, 5.41) is 15.4. The van der Waals surface area contributed by atoms with Gasteiger partial charge in [0.2, 0.25) is 0 Å². The number of carbonyl (C=O) groups excluding carboxylic acids is 1. The van der Waals surface area contributed by atoms with E-state index in [-0.39, 0.29) is 0 Å². The van der Waals surface area contributed by atoms with Crippen LogP contribution in [0.25, 0.3) is 21.3 Å². The smallest absolute Gasteiger partial charge is 0.323 e. The third kappa shape index (κ3) is 4.78. The summed E-state index contributed by atoms with van der Waals surface area (Å²) in [6.45, 7) is 0. The number of nitrogens with one attached hydrogen (secondary N) is 2. The van der Waals surface area contributed by atoms with E-state index in [2.05, 4.69) is 31.7 Å². The van der Waals surface area contributed by atoms with Crippen LogP contribution in [0.4, 0.5) is 22.0 Å². The summed E-state index contributed by atoms with van der Waals surface area (Å²) in [7, 11) is 0. The van der Waals surface area contributed by atoms with Crippen LogP contribution in [0.2, 0.25) is 0 Å². The SMILES string of the molecule is N#Cc1cccc(NC(=O)Nc2ccc(-c3c(Cc4ccncc4)sc4ncnc(N)c34)cc2)c1. The molecule has 0 aliphatic heterocycles. The number of thiophene rings is 1. The van der Waals surface area contributed by atoms with Crippen LogP contribution in [0.15, 0.2) is 79.4 Å². The second-order valence-corrected chi connectivity index (χ2v) is 8.80. The Hall–Kier alpha value is -4.81. The van der Waals surface area contributed by atoms with E-state index in [1.807, 2.05) is 36.4 Å². The average molecular weight is 478 g/mol. The Balaban J connectivity index is 1.42. The van der Waals surface area contributed by atoms with Gasteiger partial charge in [0.15, 0.2) is 0 Å². The highest BCUT2D eigenvalue weighted by molar-refractivity contribution is 7.19. The summed E-state index contributed by atoms with van der Waals surface area (Å²) in [5.41, 5.74) is 11.0. The van der Waals surface area contributed by atoms with Gasteiger partial charge >= 0.3 is 6.03 Å². The van der Waals surface area contributed by atoms with Crippen LogP contribution in [0.3, 0.4) is 0 Å². The van der Waals surface area contributed by atoms with Gasteiger partial charge in [-0.3, -0.25) is 4.98 Å². The molecular formula is C26H19N7OS. The summed E-state index contributed by atoms with van der Waals surface area (Å²) < 4.78 is 0. The second kappa shape index (κ2) is 9.59. The minimum Gasteiger partial charge on any atom is -0.383 e. The fourth-order valence-electron chi connectivity index (χ4n) is 3.80. The maximum absolute atomic E-state index is 12.4. The van der Waals surface area contributed by atoms with Crippen molar-refractivity contribution < 1.29 is 4.79 Å². The first-order valence-electron chi connectivity index (χ1n) is 10.7. The van der Waals surface area contributed by atoms with Gasteiger partial charge in [-0.05, 0) is 53.6 Å². The molecule has 0 saturated heterocycles. The predicted octanol–water partition coefficient (Wildman–Crippen LogP) is 5.44. The van der Waals surface area contributed by atoms with Gasteiger partial charge in [0, 0.05) is 40.6 Å². The first-order valence-corrected chi connectivity index (χ1v) is 11.5. The van der Waals surface area contributed by atoms with Crippen LogP contribution in [0.5, 0.6) is 0 Å². The second-order valence-electron chi connectivity index (χ2n) is 7.72. The molecule has 3 heterocycles. The number of carbonyl (C=O) groups is 1. The molecule has 4 N–H and O–H groups in total. The molecule has 0 fully saturated rings. The van der Waals surface area contributed by atoms with Crippen molar-refractivity contribution in [2.45, 2.75) is 6.42 Å². The zero-order chi connectivity index (χ0) is 24.2. The summed E-state index contributed by atoms with van der Waals surface area (Å²) in [6.07, 6.45) is 5.74. The highest BCUT2D eigenvalue weighted by Gasteiger charge is 2.18. The summed E-state index contributed by atoms with van der Waals surface area (Å²) >= 11 is 1.59. The number of hydrogen-bond donors (Lipinski definition) is 3. The Labute approximate surface area is 205 Å². The van der Waals surface area contributed by atoms with Crippen LogP contribution in [0, 0.1) is 11.3 Å². The van der Waals surface area contributed by atoms with Gasteiger partial charge < -0.3 is 16.4 Å². The number of fused-ring (bicyclic) bond motifs is 1. The highest BCUT2D eigenvalue weighted by atomic mass is 32.1. The Morgan fingerprint density at radius 1 is 1.00 bits per heavy atom. The van der Waals surface area contributed by atoms with E-state index < -0.39 is 6.03 Å². The van der Waals surface area contributed by atoms with Crippen molar-refractivity contribution in [3.8, 4) is 17.2 Å². The van der Waals surface area contributed by atoms with Crippen molar-refractivity contribution >= 4 is 44.8 Å². The molecule has 170 valence electrons. The van der Waals surface area contributed by atoms with Crippen LogP contribution in [0.1, 0.15) is 16.0 Å². The fraction of sp³-hybridized carbons (Fsp3) is 0.0385. The molecular weight excluding hydrogens is 458 g/mol. The third-order valence-electron chi connectivity index (χ3n) is 5.39. The zero-order valence-electron chi connectivity index (χ0n) is 18.4. The number of nitriles is 1. The maximum atomic E-state index is 12.4. The van der Waals surface area contributed by atoms with E-state index in [9.17, 15) is 4.79 Å². The molecule has 8 nitrogen and oxygen atoms in total. The van der Waals surface area contributed by atoms with Crippen molar-refractivity contribution in [3.05, 3.63) is 95.4 Å². The standard InChI is InChI=1S/C26H19N7OS/c27-14-17-2-1-3-20(12-17)33-26(34)32-19-6-4-18(5-7-19)22-21(13-16-8-10-29-11-9-16)35-25-23(22)24(28)30-15-31-25/h1-12,15H,13H2,(H2,28,30,31)(H2,32,33,34). The van der Waals surface area contributed by atoms with Crippen molar-refractivity contribution in [1.29, 1.82) is 5.26 Å². The number of nitrogens with zero attached hydrogens (tertiary/aromatic N) is 4. The van der Waals surface area contributed by atoms with E-state index in [1.165, 1.54) is 6.33 Å². The van der Waals surface area contributed by atoms with Crippen molar-refractivity contribution in [1.82, 2.24) is 15.0 Å². The van der Waals surface area contributed by atoms with Gasteiger partial charge in [0.05, 0.1) is 17.0 Å². The monoisotopic (exact) mass is 477 g/mol. The van der Waals surface area contributed by atoms with Gasteiger partial charge in [-0.25, -0.2) is 14.8 Å². The lowest BCUT2D eigenvalue weighted by Crippen LogP contribution is -2.19. The molecule has 0 saturated carbocycles. The first kappa shape index (κ1) is 22.0. The van der Waals surface area contributed by atoms with Crippen molar-refractivity contribution in [2.75, 3.05) is 16.4 Å². The number of benzene rings is 2. The molecule has 0 spiro atoms. The molecule has 0 aliphatic carbocycles. The number of anilines is 3. The Kier molecular flexibility index (Phi) is 6.03. The summed E-state index contributed by atoms with van der Waals surface area (Å²) in [5.74, 6) is 0.434. The van der Waals surface area contributed by atoms with E-state index in [4.69, 9.17) is 11.0 Å². The number of hydrogen-bond acceptors (Lipinski definition) is 7. The molecule has 35 heavy (non-hydrogen) atoms. The molecule has 9 heteroatoms. The van der Waals surface area contributed by atoms with Gasteiger partial charge in [0.25, 0.3) is 0 Å². The number of rotatable bonds is 5. The fourth-order valence-corrected chi connectivity index (χ4v) is 5.00. The van der Waals surface area contributed by atoms with E-state index in [0.29, 0.717) is 29.2 Å². The maximum Gasteiger partial charge on any atom is 0.323 e. The van der Waals surface area contributed by atoms with Crippen LogP contribution in [-0.2, 0) is 6.42 Å². The lowest BCUT2D eigenvalue weighted by Gasteiger charge is -2.10. The molecule has 2 amide bonds. The lowest BCUT2D eigenvalue weighted by molar-refractivity contribution is 0.262. The molecule has 0 atom stereocenters. The normalized spacial score (nSPS) is 10.6. The summed E-state index contributed by atoms with van der Waals surface area (Å²) in [4.78, 5) is 27.1. The third-order valence-corrected chi connectivity index (χ3v) is 6.48. The molecule has 3 aromatic heterocycles. The quantitative estimate of drug-likeness (QED) is 0.309. The largest absolute Gasteiger partial charge is 0.383 e. The molecule has 0 aliphatic rings. The van der Waals surface area contributed by atoms with Crippen LogP contribution in [-0.4, -0.2) is 21.0 Å². The Morgan fingerprint density at radius 3 is 2.54 bits per heavy atom. The van der Waals surface area contributed by atoms with E-state index in [0.717, 1.165) is 31.8 Å². The highest BCUT2D eigenvalue weighted by Crippen LogP contribution is 2.41. The van der Waals surface area contributed by atoms with Crippen molar-refractivity contribution in [3.63, 3.8) is 0 Å². The first-order chi connectivity index (χ1) is 17.1. The zero-order valence-corrected chi connectivity index (χ0v) is 19.2. The number of aromatic nitrogens is 3. The molecule has 0 bridgehead atoms. The molecule has 5 rings (SSSR count). The minimum absolute atomic E-state index is 0.398. The van der Waals surface area contributed by atoms with Crippen LogP contribution >= 0.6 is 11.3 Å². The van der Waals surface area contributed by atoms with Crippen LogP contribution < -0.4 is 16.4 Å². The lowest BCUT2D eigenvalue weighted by atomic mass is 10.00. The Morgan fingerprint density at radius 2 is 1.77 bits per heavy atom. The van der Waals surface area contributed by atoms with Gasteiger partial charge in [0.1, 0.15) is 17.0 Å². The molecule has 0 radical (unpaired) electrons. The number of amides is 2. The number of urea groups is 1. The molecule has 2 aromatic carbocycles. The van der Waals surface area contributed by atoms with Gasteiger partial charge in [-0.15, -0.1) is 11.3 Å². The van der Waals surface area contributed by atoms with E-state index in [1.54, 1.807) is 48.0 Å². The number of pyridine rings is 1. The predicted molar refractivity (Wildman–Crippen MR) is 138 cm³/mol. The summed E-state index contributed by atoms with van der Waals surface area (Å²) in [6, 6.07) is 19.9. The van der Waals surface area contributed by atoms with Gasteiger partial charge in [-0.1, -0.05) is 18.2 Å². The topological polar surface area (TPSA) is 130 Å². The molecule has 0 unspecified atom stereocenters. The minimum atomic E-state index is -0.398. The van der Waals surface area contributed by atoms with E-state index >= 15 is 0 Å². The van der Waals surface area contributed by atoms with Crippen molar-refractivity contribution in [2.24, 2.45) is 0 Å². The number of nitrogens with two attached hydrogens (primary N) is 1. The average Bonchev–Trinajstić information content (AvgIpc) is 3.24. The molecule has 5 aromatic rings.